The summed E-state index contributed by atoms with van der Waals surface area (Å²) in [5, 5.41) is 29.1. The second kappa shape index (κ2) is 11.4. The lowest BCUT2D eigenvalue weighted by molar-refractivity contribution is -0.190. The van der Waals surface area contributed by atoms with Crippen molar-refractivity contribution in [1.29, 1.82) is 0 Å². The van der Waals surface area contributed by atoms with Crippen molar-refractivity contribution in [3.8, 4) is 11.5 Å². The lowest BCUT2D eigenvalue weighted by atomic mass is 9.56. The van der Waals surface area contributed by atoms with Crippen molar-refractivity contribution in [3.63, 3.8) is 0 Å². The van der Waals surface area contributed by atoms with E-state index in [1.54, 1.807) is 60.7 Å². The van der Waals surface area contributed by atoms with Crippen LogP contribution in [-0.2, 0) is 32.3 Å². The number of carboxylic acid groups (broad SMARTS) is 3. The molecule has 3 N–H and O–H groups in total. The van der Waals surface area contributed by atoms with Gasteiger partial charge >= 0.3 is 17.9 Å². The summed E-state index contributed by atoms with van der Waals surface area (Å²) in [7, 11) is 0. The number of amides is 1. The lowest BCUT2D eigenvalue weighted by Gasteiger charge is -2.45. The molecule has 196 valence electrons. The van der Waals surface area contributed by atoms with E-state index < -0.39 is 47.5 Å². The number of carboxylic acids is 3. The first-order valence-corrected chi connectivity index (χ1v) is 12.1. The SMILES string of the molecule is O=C(O)[C@H]1[C@H](C(=O)O)[C@H](C(=O)O)[C@H]1C(=O)N(Cc1ccccc1)Cc1ccc(Oc2ccccc2)c(Cl)c1. The van der Waals surface area contributed by atoms with Crippen LogP contribution in [0.2, 0.25) is 5.02 Å². The molecule has 9 nitrogen and oxygen atoms in total. The summed E-state index contributed by atoms with van der Waals surface area (Å²) in [6.45, 7) is 0.0262. The number of ether oxygens (including phenoxy) is 1. The number of aliphatic carboxylic acids is 3. The van der Waals surface area contributed by atoms with E-state index >= 15 is 0 Å². The van der Waals surface area contributed by atoms with E-state index in [9.17, 15) is 34.5 Å². The highest BCUT2D eigenvalue weighted by atomic mass is 35.5. The van der Waals surface area contributed by atoms with Crippen molar-refractivity contribution in [1.82, 2.24) is 4.90 Å². The highest BCUT2D eigenvalue weighted by Gasteiger charge is 2.64. The number of hydrogen-bond donors (Lipinski definition) is 3. The van der Waals surface area contributed by atoms with Gasteiger partial charge < -0.3 is 25.0 Å². The van der Waals surface area contributed by atoms with Gasteiger partial charge in [-0.15, -0.1) is 0 Å². The van der Waals surface area contributed by atoms with Crippen LogP contribution in [0, 0.1) is 23.7 Å². The van der Waals surface area contributed by atoms with E-state index in [4.69, 9.17) is 16.3 Å². The van der Waals surface area contributed by atoms with Crippen molar-refractivity contribution in [3.05, 3.63) is 95.0 Å². The highest BCUT2D eigenvalue weighted by molar-refractivity contribution is 6.32. The molecule has 0 unspecified atom stereocenters. The van der Waals surface area contributed by atoms with E-state index in [0.717, 1.165) is 5.56 Å². The highest BCUT2D eigenvalue weighted by Crippen LogP contribution is 2.48. The molecule has 2 atom stereocenters. The summed E-state index contributed by atoms with van der Waals surface area (Å²) < 4.78 is 5.79. The molecule has 0 saturated heterocycles. The standard InChI is InChI=1S/C28H24ClNO8/c29-19-13-17(11-12-20(19)38-18-9-5-2-6-10-18)15-30(14-16-7-3-1-4-8-16)25(31)21-22(26(32)33)24(28(36)37)23(21)27(34)35/h1-13,21-24H,14-15H2,(H,32,33)(H,34,35)(H,36,37)/t21-,22-,23-,24-/m1/s1. The second-order valence-electron chi connectivity index (χ2n) is 8.98. The Labute approximate surface area is 222 Å². The Morgan fingerprint density at radius 1 is 0.684 bits per heavy atom. The Bertz CT molecular complexity index is 1330. The van der Waals surface area contributed by atoms with Crippen LogP contribution in [0.1, 0.15) is 11.1 Å². The van der Waals surface area contributed by atoms with Crippen LogP contribution >= 0.6 is 11.6 Å². The Morgan fingerprint density at radius 2 is 1.18 bits per heavy atom. The van der Waals surface area contributed by atoms with Gasteiger partial charge in [0, 0.05) is 13.1 Å². The molecule has 0 radical (unpaired) electrons. The molecule has 3 aromatic carbocycles. The lowest BCUT2D eigenvalue weighted by Crippen LogP contribution is -2.62. The molecule has 1 aliphatic carbocycles. The molecular formula is C28H24ClNO8. The maximum absolute atomic E-state index is 13.7. The van der Waals surface area contributed by atoms with E-state index in [2.05, 4.69) is 0 Å². The van der Waals surface area contributed by atoms with Crippen LogP contribution in [0.5, 0.6) is 11.5 Å². The molecular weight excluding hydrogens is 514 g/mol. The quantitative estimate of drug-likeness (QED) is 0.345. The van der Waals surface area contributed by atoms with Crippen molar-refractivity contribution in [2.24, 2.45) is 23.7 Å². The molecule has 0 heterocycles. The Hall–Kier alpha value is -4.37. The molecule has 1 amide bonds. The predicted octanol–water partition coefficient (Wildman–Crippen LogP) is 4.39. The maximum Gasteiger partial charge on any atom is 0.308 e. The predicted molar refractivity (Wildman–Crippen MR) is 136 cm³/mol. The molecule has 0 bridgehead atoms. The van der Waals surface area contributed by atoms with E-state index in [-0.39, 0.29) is 18.1 Å². The summed E-state index contributed by atoms with van der Waals surface area (Å²) in [4.78, 5) is 50.4. The molecule has 3 aromatic rings. The zero-order chi connectivity index (χ0) is 27.4. The van der Waals surface area contributed by atoms with Gasteiger partial charge in [0.2, 0.25) is 5.91 Å². The van der Waals surface area contributed by atoms with Crippen molar-refractivity contribution >= 4 is 35.4 Å². The van der Waals surface area contributed by atoms with Gasteiger partial charge in [0.25, 0.3) is 0 Å². The smallest absolute Gasteiger partial charge is 0.308 e. The van der Waals surface area contributed by atoms with Crippen LogP contribution in [-0.4, -0.2) is 44.0 Å². The Kier molecular flexibility index (Phi) is 7.97. The number of halogens is 1. The van der Waals surface area contributed by atoms with Crippen molar-refractivity contribution < 1.29 is 39.2 Å². The molecule has 10 heteroatoms. The molecule has 1 fully saturated rings. The summed E-state index contributed by atoms with van der Waals surface area (Å²) in [6.07, 6.45) is 0. The Balaban J connectivity index is 1.63. The average Bonchev–Trinajstić information content (AvgIpc) is 2.85. The monoisotopic (exact) mass is 537 g/mol. The number of rotatable bonds is 10. The maximum atomic E-state index is 13.7. The van der Waals surface area contributed by atoms with Gasteiger partial charge in [0.1, 0.15) is 11.5 Å². The van der Waals surface area contributed by atoms with Crippen molar-refractivity contribution in [2.75, 3.05) is 0 Å². The van der Waals surface area contributed by atoms with Crippen LogP contribution in [0.15, 0.2) is 78.9 Å². The minimum absolute atomic E-state index is 0.0218. The normalized spacial score (nSPS) is 20.1. The van der Waals surface area contributed by atoms with Crippen LogP contribution in [0.3, 0.4) is 0 Å². The van der Waals surface area contributed by atoms with Gasteiger partial charge in [-0.05, 0) is 35.4 Å². The average molecular weight is 538 g/mol. The summed E-state index contributed by atoms with van der Waals surface area (Å²) in [5.74, 6) is -11.0. The van der Waals surface area contributed by atoms with E-state index in [1.165, 1.54) is 4.90 Å². The van der Waals surface area contributed by atoms with Crippen LogP contribution < -0.4 is 4.74 Å². The molecule has 1 saturated carbocycles. The Morgan fingerprint density at radius 3 is 1.71 bits per heavy atom. The number of carbonyl (C=O) groups is 4. The number of carbonyl (C=O) groups excluding carboxylic acids is 1. The third kappa shape index (κ3) is 5.63. The van der Waals surface area contributed by atoms with E-state index in [0.29, 0.717) is 17.1 Å². The first-order valence-electron chi connectivity index (χ1n) is 11.7. The van der Waals surface area contributed by atoms with Gasteiger partial charge in [-0.3, -0.25) is 19.2 Å². The fourth-order valence-corrected chi connectivity index (χ4v) is 5.01. The van der Waals surface area contributed by atoms with Gasteiger partial charge in [-0.2, -0.15) is 0 Å². The number of nitrogens with zero attached hydrogens (tertiary/aromatic N) is 1. The zero-order valence-electron chi connectivity index (χ0n) is 19.9. The number of benzene rings is 3. The summed E-state index contributed by atoms with van der Waals surface area (Å²) in [6, 6.07) is 22.8. The second-order valence-corrected chi connectivity index (χ2v) is 9.38. The van der Waals surface area contributed by atoms with Crippen molar-refractivity contribution in [2.45, 2.75) is 13.1 Å². The molecule has 0 aromatic heterocycles. The first kappa shape index (κ1) is 26.7. The molecule has 38 heavy (non-hydrogen) atoms. The van der Waals surface area contributed by atoms with Gasteiger partial charge in [-0.1, -0.05) is 66.2 Å². The summed E-state index contributed by atoms with van der Waals surface area (Å²) >= 11 is 6.44. The van der Waals surface area contributed by atoms with Crippen LogP contribution in [0.25, 0.3) is 0 Å². The first-order chi connectivity index (χ1) is 18.2. The minimum Gasteiger partial charge on any atom is -0.481 e. The number of para-hydroxylation sites is 1. The number of hydrogen-bond acceptors (Lipinski definition) is 5. The van der Waals surface area contributed by atoms with E-state index in [1.807, 2.05) is 18.2 Å². The largest absolute Gasteiger partial charge is 0.481 e. The zero-order valence-corrected chi connectivity index (χ0v) is 20.7. The van der Waals surface area contributed by atoms with Crippen LogP contribution in [0.4, 0.5) is 0 Å². The fourth-order valence-electron chi connectivity index (χ4n) is 4.76. The molecule has 0 spiro atoms. The topological polar surface area (TPSA) is 141 Å². The third-order valence-electron chi connectivity index (χ3n) is 6.56. The minimum atomic E-state index is -1.71. The van der Waals surface area contributed by atoms with Gasteiger partial charge in [-0.25, -0.2) is 0 Å². The molecule has 1 aliphatic rings. The van der Waals surface area contributed by atoms with Gasteiger partial charge in [0.15, 0.2) is 0 Å². The molecule has 4 rings (SSSR count). The summed E-state index contributed by atoms with van der Waals surface area (Å²) in [5.41, 5.74) is 1.32. The van der Waals surface area contributed by atoms with Gasteiger partial charge in [0.05, 0.1) is 28.7 Å². The fraction of sp³-hybridized carbons (Fsp3) is 0.214. The third-order valence-corrected chi connectivity index (χ3v) is 6.85. The molecule has 0 aliphatic heterocycles.